The van der Waals surface area contributed by atoms with Crippen molar-refractivity contribution < 1.29 is 70.1 Å². The number of nitriles is 4. The van der Waals surface area contributed by atoms with E-state index in [0.717, 1.165) is 77.5 Å². The molecule has 21 nitrogen and oxygen atoms in total. The molecule has 0 bridgehead atoms. The molecule has 3 heterocycles. The number of amides is 4. The Hall–Kier alpha value is -11.4. The quantitative estimate of drug-likeness (QED) is 0.0385. The highest BCUT2D eigenvalue weighted by Gasteiger charge is 2.53. The van der Waals surface area contributed by atoms with Crippen molar-refractivity contribution >= 4 is 40.7 Å². The number of hydrogen-bond acceptors (Lipinski definition) is 16. The maximum atomic E-state index is 14.7. The number of likely N-dealkylation sites (tertiary alicyclic amines) is 1. The lowest BCUT2D eigenvalue weighted by atomic mass is 10.0. The maximum Gasteiger partial charge on any atom is 0.573 e. The summed E-state index contributed by atoms with van der Waals surface area (Å²) in [5.41, 5.74) is 8.73. The van der Waals surface area contributed by atoms with Crippen LogP contribution in [0.4, 0.5) is 34.6 Å². The van der Waals surface area contributed by atoms with Gasteiger partial charge in [0.1, 0.15) is 71.9 Å². The molecule has 101 heavy (non-hydrogen) atoms. The fourth-order valence-corrected chi connectivity index (χ4v) is 12.1. The number of anilines is 3. The van der Waals surface area contributed by atoms with Gasteiger partial charge in [-0.05, 0) is 149 Å². The second-order valence-electron chi connectivity index (χ2n) is 25.2. The zero-order valence-electron chi connectivity index (χ0n) is 54.5. The Kier molecular flexibility index (Phi) is 22.8. The molecule has 25 heteroatoms. The fraction of sp³-hybridized carbons (Fsp3) is 0.342. The number of nitrogens with zero attached hydrogens (tertiary/aromatic N) is 6. The van der Waals surface area contributed by atoms with Gasteiger partial charge in [0.15, 0.2) is 6.17 Å². The normalized spacial score (nSPS) is 19.9. The van der Waals surface area contributed by atoms with Gasteiger partial charge in [-0.15, -0.1) is 13.2 Å². The minimum absolute atomic E-state index is 0.0229. The van der Waals surface area contributed by atoms with Crippen molar-refractivity contribution in [2.24, 2.45) is 17.8 Å². The molecule has 6 fully saturated rings. The number of nitrogens with one attached hydrogen (secondary N) is 3. The Balaban J connectivity index is 0.000000154. The van der Waals surface area contributed by atoms with Gasteiger partial charge in [-0.2, -0.15) is 21.0 Å². The van der Waals surface area contributed by atoms with Gasteiger partial charge in [0, 0.05) is 78.9 Å². The van der Waals surface area contributed by atoms with Crippen LogP contribution in [-0.4, -0.2) is 110 Å². The summed E-state index contributed by atoms with van der Waals surface area (Å²) in [4.78, 5) is 60.6. The second kappa shape index (κ2) is 32.5. The molecule has 0 radical (unpaired) electrons. The van der Waals surface area contributed by atoms with Crippen molar-refractivity contribution in [3.05, 3.63) is 184 Å². The molecule has 3 N–H and O–H groups in total. The number of nitro groups is 1. The molecular weight excluding hydrogens is 1310 g/mol. The largest absolute Gasteiger partial charge is 0.573 e. The van der Waals surface area contributed by atoms with Crippen LogP contribution in [0, 0.1) is 73.2 Å². The molecule has 3 saturated carbocycles. The summed E-state index contributed by atoms with van der Waals surface area (Å²) in [6.45, 7) is 2.77. The van der Waals surface area contributed by atoms with Crippen LogP contribution in [0.2, 0.25) is 0 Å². The number of hydrogen-bond donors (Lipinski definition) is 3. The van der Waals surface area contributed by atoms with Gasteiger partial charge in [-0.25, -0.2) is 4.39 Å². The predicted molar refractivity (Wildman–Crippen MR) is 361 cm³/mol. The van der Waals surface area contributed by atoms with Gasteiger partial charge in [0.2, 0.25) is 29.7 Å². The lowest BCUT2D eigenvalue weighted by Gasteiger charge is -2.34. The number of carbonyl (C=O) groups excluding carboxylic acids is 4. The van der Waals surface area contributed by atoms with Crippen LogP contribution in [0.15, 0.2) is 152 Å². The molecule has 0 aromatic heterocycles. The summed E-state index contributed by atoms with van der Waals surface area (Å²) in [7, 11) is 0. The minimum atomic E-state index is -4.74. The van der Waals surface area contributed by atoms with Gasteiger partial charge in [0.25, 0.3) is 0 Å². The molecule has 6 aliphatic rings. The molecule has 3 aliphatic heterocycles. The monoisotopic (exact) mass is 1380 g/mol. The predicted octanol–water partition coefficient (Wildman–Crippen LogP) is 13.6. The van der Waals surface area contributed by atoms with Crippen molar-refractivity contribution in [1.82, 2.24) is 4.90 Å². The molecule has 6 atom stereocenters. The van der Waals surface area contributed by atoms with E-state index in [1.165, 1.54) is 17.0 Å². The summed E-state index contributed by atoms with van der Waals surface area (Å²) < 4.78 is 84.2. The average molecular weight is 1380 g/mol. The molecular formula is C76H69F4N9O12. The van der Waals surface area contributed by atoms with E-state index >= 15 is 0 Å². The van der Waals surface area contributed by atoms with Crippen LogP contribution in [-0.2, 0) is 28.7 Å². The molecule has 0 spiro atoms. The molecule has 13 rings (SSSR count). The number of ether oxygens (including phenoxy) is 6. The zero-order valence-corrected chi connectivity index (χ0v) is 54.5. The Bertz CT molecular complexity index is 4380. The van der Waals surface area contributed by atoms with Crippen molar-refractivity contribution in [1.29, 1.82) is 21.0 Å². The minimum Gasteiger partial charge on any atom is -0.489 e. The third kappa shape index (κ3) is 19.3. The summed E-state index contributed by atoms with van der Waals surface area (Å²) in [5.74, 6) is -0.562. The number of carbonyl (C=O) groups is 4. The van der Waals surface area contributed by atoms with E-state index in [2.05, 4.69) is 38.9 Å². The maximum absolute atomic E-state index is 14.7. The number of halogens is 4. The van der Waals surface area contributed by atoms with Crippen LogP contribution >= 0.6 is 0 Å². The van der Waals surface area contributed by atoms with Gasteiger partial charge in [-0.3, -0.25) is 29.3 Å². The first-order chi connectivity index (χ1) is 48.8. The molecule has 7 aromatic rings. The SMILES string of the molecule is N#CCC(=O)N1CC[C@H](Oc2ccc(-c3cccc(NC(=O)C4CC4)c3)cc2C#N)[C@H](F)C1.N#Cc1cc(-c2cccc(NC(=O)[C@H]3C[C@@H]3[N+](=O)[O-])c2)ccc1OC1CCOCC1.N#Cc1cc(-c2cccc(NC(=O)[C@H]3C[C@@H]3c3ccc(OC(F)(F)F)cc3)c2)ccc1OC1CCOCC1. The topological polar surface area (TPSA) is 301 Å². The average Bonchev–Trinajstić information content (AvgIpc) is 1.69. The summed E-state index contributed by atoms with van der Waals surface area (Å²) >= 11 is 0. The third-order valence-electron chi connectivity index (χ3n) is 17.9. The molecule has 4 amide bonds. The van der Waals surface area contributed by atoms with E-state index in [1.807, 2.05) is 60.7 Å². The van der Waals surface area contributed by atoms with Crippen molar-refractivity contribution in [2.45, 2.75) is 107 Å². The van der Waals surface area contributed by atoms with Crippen molar-refractivity contribution in [3.8, 4) is 80.7 Å². The standard InChI is InChI=1S/C29H25F3N2O4.C25H23FN4O3.C22H21N3O5/c30-29(31,32)38-24-7-4-18(5-8-24)25-16-26(25)28(35)34-22-3-1-2-19(15-22)20-6-9-27(21(14-20)17-33)37-23-10-12-36-13-11-23;26-21-15-30(24(31)8-10-27)11-9-23(21)33-22-7-6-18(12-19(22)14-28)17-2-1-3-20(13-17)29-25(32)16-4-5-16;23-13-16-10-15(4-5-21(16)30-18-6-8-29-9-7-18)14-2-1-3-17(11-14)24-22(26)19-12-20(19)25(27)28/h1-9,14-15,23,25-26H,10-13,16H2,(H,34,35);1-3,6-7,12-13,16,21,23H,4-5,8-9,11,15H2,(H,29,32);1-5,10-11,18-20H,6-9,12H2,(H,24,26)/t25-,26+;21-,23+;19-,20-/m110/s1. The molecule has 0 unspecified atom stereocenters. The Morgan fingerprint density at radius 2 is 1.00 bits per heavy atom. The van der Waals surface area contributed by atoms with Gasteiger partial charge < -0.3 is 49.3 Å². The summed E-state index contributed by atoms with van der Waals surface area (Å²) in [6.07, 6.45) is -0.967. The lowest BCUT2D eigenvalue weighted by Crippen LogP contribution is -2.49. The summed E-state index contributed by atoms with van der Waals surface area (Å²) in [5, 5.41) is 56.9. The first-order valence-electron chi connectivity index (χ1n) is 33.1. The number of piperidine rings is 1. The number of alkyl halides is 4. The molecule has 518 valence electrons. The Labute approximate surface area is 579 Å². The van der Waals surface area contributed by atoms with Crippen LogP contribution in [0.5, 0.6) is 23.0 Å². The van der Waals surface area contributed by atoms with E-state index in [4.69, 9.17) is 28.9 Å². The van der Waals surface area contributed by atoms with Gasteiger partial charge in [0.05, 0.1) is 55.7 Å². The van der Waals surface area contributed by atoms with E-state index in [0.29, 0.717) is 79.1 Å². The fourth-order valence-electron chi connectivity index (χ4n) is 12.1. The smallest absolute Gasteiger partial charge is 0.489 e. The molecule has 3 aliphatic carbocycles. The second-order valence-corrected chi connectivity index (χ2v) is 25.2. The van der Waals surface area contributed by atoms with Crippen LogP contribution in [0.1, 0.15) is 92.4 Å². The number of rotatable bonds is 19. The van der Waals surface area contributed by atoms with Crippen molar-refractivity contribution in [3.63, 3.8) is 0 Å². The van der Waals surface area contributed by atoms with Crippen LogP contribution in [0.25, 0.3) is 33.4 Å². The number of benzene rings is 7. The Morgan fingerprint density at radius 3 is 1.42 bits per heavy atom. The zero-order chi connectivity index (χ0) is 71.2. The first kappa shape index (κ1) is 70.9. The third-order valence-corrected chi connectivity index (χ3v) is 17.9. The summed E-state index contributed by atoms with van der Waals surface area (Å²) in [6, 6.07) is 51.1. The highest BCUT2D eigenvalue weighted by molar-refractivity contribution is 5.97. The van der Waals surface area contributed by atoms with E-state index in [-0.39, 0.29) is 90.6 Å². The van der Waals surface area contributed by atoms with Gasteiger partial charge in [-0.1, -0.05) is 66.7 Å². The first-order valence-corrected chi connectivity index (χ1v) is 33.1. The van der Waals surface area contributed by atoms with Crippen LogP contribution < -0.4 is 34.9 Å². The Morgan fingerprint density at radius 1 is 0.554 bits per heavy atom. The highest BCUT2D eigenvalue weighted by atomic mass is 19.4. The van der Waals surface area contributed by atoms with E-state index in [1.54, 1.807) is 84.9 Å². The highest BCUT2D eigenvalue weighted by Crippen LogP contribution is 2.49. The molecule has 3 saturated heterocycles. The van der Waals surface area contributed by atoms with E-state index < -0.39 is 41.4 Å². The lowest BCUT2D eigenvalue weighted by molar-refractivity contribution is -0.497. The van der Waals surface area contributed by atoms with Crippen LogP contribution in [0.3, 0.4) is 0 Å². The van der Waals surface area contributed by atoms with E-state index in [9.17, 15) is 62.6 Å². The molecule has 7 aromatic carbocycles. The van der Waals surface area contributed by atoms with Crippen molar-refractivity contribution in [2.75, 3.05) is 55.5 Å². The van der Waals surface area contributed by atoms with Gasteiger partial charge >= 0.3 is 6.36 Å².